The van der Waals surface area contributed by atoms with E-state index in [2.05, 4.69) is 39.6 Å². The topological polar surface area (TPSA) is 36.5 Å². The highest BCUT2D eigenvalue weighted by Gasteiger charge is 2.28. The molecular weight excluding hydrogens is 340 g/mol. The van der Waals surface area contributed by atoms with Crippen molar-refractivity contribution in [2.45, 2.75) is 25.8 Å². The molecule has 138 valence electrons. The zero-order valence-corrected chi connectivity index (χ0v) is 15.5. The smallest absolute Gasteiger partial charge is 0.262 e. The van der Waals surface area contributed by atoms with Gasteiger partial charge < -0.3 is 14.2 Å². The van der Waals surface area contributed by atoms with Gasteiger partial charge in [0.1, 0.15) is 30.8 Å². The first kappa shape index (κ1) is 16.2. The molecule has 0 radical (unpaired) electrons. The molecule has 5 heteroatoms. The molecule has 0 bridgehead atoms. The molecule has 5 rings (SSSR count). The van der Waals surface area contributed by atoms with Crippen LogP contribution in [0.1, 0.15) is 18.7 Å². The molecular formula is C22H23N2O3+. The van der Waals surface area contributed by atoms with Gasteiger partial charge >= 0.3 is 0 Å². The lowest BCUT2D eigenvalue weighted by atomic mass is 10.1. The van der Waals surface area contributed by atoms with E-state index < -0.39 is 0 Å². The fourth-order valence-electron chi connectivity index (χ4n) is 3.99. The van der Waals surface area contributed by atoms with E-state index in [4.69, 9.17) is 14.2 Å². The molecule has 0 saturated carbocycles. The molecule has 2 aliphatic rings. The number of ether oxygens (including phenoxy) is 3. The van der Waals surface area contributed by atoms with Gasteiger partial charge in [0.2, 0.25) is 0 Å². The number of imidazole rings is 1. The van der Waals surface area contributed by atoms with Gasteiger partial charge in [-0.3, -0.25) is 0 Å². The second-order valence-corrected chi connectivity index (χ2v) is 6.97. The molecule has 0 unspecified atom stereocenters. The summed E-state index contributed by atoms with van der Waals surface area (Å²) in [6.07, 6.45) is 5.76. The molecule has 0 saturated heterocycles. The van der Waals surface area contributed by atoms with E-state index in [0.29, 0.717) is 13.2 Å². The van der Waals surface area contributed by atoms with Crippen molar-refractivity contribution >= 4 is 0 Å². The number of benzene rings is 2. The third-order valence-corrected chi connectivity index (χ3v) is 5.35. The summed E-state index contributed by atoms with van der Waals surface area (Å²) in [6.45, 7) is 2.27. The van der Waals surface area contributed by atoms with Gasteiger partial charge in [0.05, 0.1) is 13.7 Å². The van der Waals surface area contributed by atoms with Crippen molar-refractivity contribution in [3.8, 4) is 34.2 Å². The summed E-state index contributed by atoms with van der Waals surface area (Å²) < 4.78 is 21.5. The van der Waals surface area contributed by atoms with Gasteiger partial charge in [0.25, 0.3) is 5.82 Å². The van der Waals surface area contributed by atoms with Crippen molar-refractivity contribution in [2.24, 2.45) is 0 Å². The first-order chi connectivity index (χ1) is 13.3. The van der Waals surface area contributed by atoms with Crippen molar-refractivity contribution in [1.29, 1.82) is 0 Å². The van der Waals surface area contributed by atoms with E-state index in [1.54, 1.807) is 7.11 Å². The Balaban J connectivity index is 1.61. The SMILES string of the molecule is COc1ccc(-n2cc(-c3ccc4c(c3)OCCO4)[n+]3c2CCCC3)cc1. The molecule has 0 spiro atoms. The molecule has 1 aromatic heterocycles. The van der Waals surface area contributed by atoms with Crippen molar-refractivity contribution in [3.63, 3.8) is 0 Å². The average Bonchev–Trinajstić information content (AvgIpc) is 3.13. The maximum atomic E-state index is 5.79. The standard InChI is InChI=1S/C22H23N2O3/c1-25-18-8-6-17(7-9-18)24-15-19(23-11-3-2-4-22(23)24)16-5-10-20-21(14-16)27-13-12-26-20/h5-10,14-15H,2-4,11-13H2,1H3/q+1. The van der Waals surface area contributed by atoms with Crippen molar-refractivity contribution in [2.75, 3.05) is 20.3 Å². The fraction of sp³-hybridized carbons (Fsp3) is 0.318. The lowest BCUT2D eigenvalue weighted by Gasteiger charge is -2.18. The normalized spacial score (nSPS) is 15.3. The lowest BCUT2D eigenvalue weighted by Crippen LogP contribution is -2.42. The van der Waals surface area contributed by atoms with Crippen molar-refractivity contribution < 1.29 is 18.8 Å². The summed E-state index contributed by atoms with van der Waals surface area (Å²) in [5.41, 5.74) is 3.54. The summed E-state index contributed by atoms with van der Waals surface area (Å²) in [4.78, 5) is 0. The van der Waals surface area contributed by atoms with Crippen LogP contribution >= 0.6 is 0 Å². The van der Waals surface area contributed by atoms with Crippen LogP contribution in [0.2, 0.25) is 0 Å². The van der Waals surface area contributed by atoms with Crippen LogP contribution in [-0.2, 0) is 13.0 Å². The van der Waals surface area contributed by atoms with Crippen molar-refractivity contribution in [1.82, 2.24) is 4.57 Å². The molecule has 0 N–H and O–H groups in total. The Morgan fingerprint density at radius 3 is 2.59 bits per heavy atom. The van der Waals surface area contributed by atoms with Crippen LogP contribution in [-0.4, -0.2) is 24.9 Å². The van der Waals surface area contributed by atoms with E-state index in [-0.39, 0.29) is 0 Å². The summed E-state index contributed by atoms with van der Waals surface area (Å²) in [7, 11) is 1.70. The Labute approximate surface area is 158 Å². The minimum absolute atomic E-state index is 0.606. The summed E-state index contributed by atoms with van der Waals surface area (Å²) >= 11 is 0. The van der Waals surface area contributed by atoms with Gasteiger partial charge in [0, 0.05) is 12.0 Å². The third kappa shape index (κ3) is 2.83. The number of methoxy groups -OCH3 is 1. The molecule has 0 amide bonds. The van der Waals surface area contributed by atoms with Crippen LogP contribution in [0.4, 0.5) is 0 Å². The maximum Gasteiger partial charge on any atom is 0.262 e. The molecule has 27 heavy (non-hydrogen) atoms. The second-order valence-electron chi connectivity index (χ2n) is 6.97. The van der Waals surface area contributed by atoms with Gasteiger partial charge in [-0.05, 0) is 55.3 Å². The van der Waals surface area contributed by atoms with Gasteiger partial charge in [0.15, 0.2) is 17.2 Å². The Morgan fingerprint density at radius 1 is 0.963 bits per heavy atom. The average molecular weight is 363 g/mol. The predicted octanol–water partition coefficient (Wildman–Crippen LogP) is 3.55. The molecule has 3 aromatic rings. The molecule has 3 heterocycles. The number of hydrogen-bond donors (Lipinski definition) is 0. The fourth-order valence-corrected chi connectivity index (χ4v) is 3.99. The molecule has 0 aliphatic carbocycles. The number of rotatable bonds is 3. The van der Waals surface area contributed by atoms with Crippen LogP contribution in [0.3, 0.4) is 0 Å². The highest BCUT2D eigenvalue weighted by molar-refractivity contribution is 5.62. The maximum absolute atomic E-state index is 5.79. The zero-order chi connectivity index (χ0) is 18.2. The van der Waals surface area contributed by atoms with Crippen LogP contribution in [0, 0.1) is 0 Å². The van der Waals surface area contributed by atoms with Crippen LogP contribution < -0.4 is 18.8 Å². The van der Waals surface area contributed by atoms with E-state index in [9.17, 15) is 0 Å². The van der Waals surface area contributed by atoms with Crippen LogP contribution in [0.5, 0.6) is 17.2 Å². The van der Waals surface area contributed by atoms with Crippen LogP contribution in [0.15, 0.2) is 48.7 Å². The number of hydrogen-bond acceptors (Lipinski definition) is 3. The van der Waals surface area contributed by atoms with E-state index >= 15 is 0 Å². The number of aromatic nitrogens is 2. The first-order valence-electron chi connectivity index (χ1n) is 9.52. The minimum Gasteiger partial charge on any atom is -0.497 e. The zero-order valence-electron chi connectivity index (χ0n) is 15.5. The van der Waals surface area contributed by atoms with Gasteiger partial charge in [-0.25, -0.2) is 4.57 Å². The lowest BCUT2D eigenvalue weighted by molar-refractivity contribution is -0.698. The summed E-state index contributed by atoms with van der Waals surface area (Å²) in [6, 6.07) is 14.5. The molecule has 5 nitrogen and oxygen atoms in total. The van der Waals surface area contributed by atoms with Gasteiger partial charge in [-0.15, -0.1) is 0 Å². The predicted molar refractivity (Wildman–Crippen MR) is 102 cm³/mol. The van der Waals surface area contributed by atoms with Gasteiger partial charge in [-0.1, -0.05) is 0 Å². The monoisotopic (exact) mass is 363 g/mol. The Kier molecular flexibility index (Phi) is 4.00. The number of nitrogens with zero attached hydrogens (tertiary/aromatic N) is 2. The quantitative estimate of drug-likeness (QED) is 0.668. The minimum atomic E-state index is 0.606. The van der Waals surface area contributed by atoms with E-state index in [0.717, 1.165) is 41.5 Å². The Bertz CT molecular complexity index is 976. The molecule has 0 atom stereocenters. The highest BCUT2D eigenvalue weighted by atomic mass is 16.6. The Morgan fingerprint density at radius 2 is 1.78 bits per heavy atom. The summed E-state index contributed by atoms with van der Waals surface area (Å²) in [5, 5.41) is 0. The molecule has 0 fully saturated rings. The molecule has 2 aromatic carbocycles. The second kappa shape index (κ2) is 6.65. The highest BCUT2D eigenvalue weighted by Crippen LogP contribution is 2.34. The van der Waals surface area contributed by atoms with E-state index in [1.807, 2.05) is 18.2 Å². The third-order valence-electron chi connectivity index (χ3n) is 5.35. The van der Waals surface area contributed by atoms with E-state index in [1.165, 1.54) is 24.4 Å². The van der Waals surface area contributed by atoms with Crippen molar-refractivity contribution in [3.05, 3.63) is 54.5 Å². The van der Waals surface area contributed by atoms with Gasteiger partial charge in [-0.2, -0.15) is 4.57 Å². The first-order valence-corrected chi connectivity index (χ1v) is 9.52. The summed E-state index contributed by atoms with van der Waals surface area (Å²) in [5.74, 6) is 3.88. The number of fused-ring (bicyclic) bond motifs is 2. The largest absolute Gasteiger partial charge is 0.497 e. The molecule has 2 aliphatic heterocycles. The Hall–Kier alpha value is -2.95. The van der Waals surface area contributed by atoms with Crippen LogP contribution in [0.25, 0.3) is 16.9 Å².